The summed E-state index contributed by atoms with van der Waals surface area (Å²) in [4.78, 5) is 166. The summed E-state index contributed by atoms with van der Waals surface area (Å²) >= 11 is 1.32. The molecule has 3 heterocycles. The maximum Gasteiger partial charge on any atom is 0.326 e. The van der Waals surface area contributed by atoms with Crippen molar-refractivity contribution in [3.63, 3.8) is 0 Å². The first kappa shape index (κ1) is 61.4. The maximum atomic E-state index is 14.3. The average Bonchev–Trinajstić information content (AvgIpc) is 4.15. The van der Waals surface area contributed by atoms with Gasteiger partial charge < -0.3 is 78.6 Å². The first-order valence-corrected chi connectivity index (χ1v) is 25.5. The number of thioether (sulfide) groups is 1. The first-order chi connectivity index (χ1) is 34.9. The fourth-order valence-electron chi connectivity index (χ4n) is 8.30. The van der Waals surface area contributed by atoms with Gasteiger partial charge in [-0.1, -0.05) is 13.8 Å². The summed E-state index contributed by atoms with van der Waals surface area (Å²) in [5.41, 5.74) is 11.6. The molecule has 2 saturated heterocycles. The zero-order valence-corrected chi connectivity index (χ0v) is 42.5. The highest BCUT2D eigenvalue weighted by molar-refractivity contribution is 7.98. The van der Waals surface area contributed by atoms with Crippen LogP contribution in [-0.4, -0.2) is 197 Å². The summed E-state index contributed by atoms with van der Waals surface area (Å²) < 4.78 is 0. The number of carboxylic acid groups (broad SMARTS) is 3. The van der Waals surface area contributed by atoms with Crippen LogP contribution in [0.25, 0.3) is 0 Å². The van der Waals surface area contributed by atoms with Crippen molar-refractivity contribution in [3.05, 3.63) is 18.2 Å². The van der Waals surface area contributed by atoms with Crippen LogP contribution in [0.1, 0.15) is 97.1 Å². The number of nitrogens with two attached hydrogens (primary N) is 2. The number of aliphatic hydroxyl groups excluding tert-OH is 1. The largest absolute Gasteiger partial charge is 0.481 e. The molecule has 0 radical (unpaired) electrons. The summed E-state index contributed by atoms with van der Waals surface area (Å²) in [5.74, 6) is -12.1. The summed E-state index contributed by atoms with van der Waals surface area (Å²) in [5, 5.41) is 53.6. The van der Waals surface area contributed by atoms with E-state index in [0.717, 1.165) is 4.90 Å². The average molecular weight is 1070 g/mol. The molecular formula is C45H70N12O16S. The molecule has 0 aliphatic carbocycles. The van der Waals surface area contributed by atoms with Crippen molar-refractivity contribution in [2.45, 2.75) is 158 Å². The van der Waals surface area contributed by atoms with Crippen molar-refractivity contribution in [2.24, 2.45) is 17.4 Å². The lowest BCUT2D eigenvalue weighted by molar-refractivity contribution is -0.150. The van der Waals surface area contributed by atoms with Gasteiger partial charge in [0.2, 0.25) is 53.2 Å². The standard InChI is InChI=1S/C45H70N12O16S/c1-22(2)35(42(69)53-29(19-24-20-48-21-49-24)40(67)55-36(23(3)58)44(71)57-17-6-8-31(57)45(72)73)54-39(66)26(10-12-32(47)59)51-41(68)30-7-5-16-56(30)43(70)28(15-18-74-4)52-38(65)27(11-14-34(62)63)50-37(64)25(46)9-13-33(60)61/h20-23,25-31,35-36,58H,5-19,46H2,1-4H3,(H2,47,59)(H,48,49)(H,50,64)(H,51,68)(H,52,65)(H,53,69)(H,54,66)(H,55,67)(H,60,61)(H,62,63)(H,72,73)/t23-,25+,26+,27+,28+,29+,30+,31+,35+,36+/m1/s1. The molecule has 2 fully saturated rings. The number of aliphatic carboxylic acids is 3. The van der Waals surface area contributed by atoms with Gasteiger partial charge in [-0.05, 0) is 76.2 Å². The lowest BCUT2D eigenvalue weighted by Gasteiger charge is -2.31. The molecule has 3 rings (SSSR count). The van der Waals surface area contributed by atoms with Gasteiger partial charge in [-0.3, -0.25) is 52.7 Å². The molecule has 9 amide bonds. The fourth-order valence-corrected chi connectivity index (χ4v) is 8.77. The minimum atomic E-state index is -1.61. The number of H-pyrrole nitrogens is 1. The molecule has 1 aromatic heterocycles. The Morgan fingerprint density at radius 1 is 0.676 bits per heavy atom. The summed E-state index contributed by atoms with van der Waals surface area (Å²) in [6.45, 7) is 4.44. The van der Waals surface area contributed by atoms with Gasteiger partial charge in [-0.25, -0.2) is 9.78 Å². The Balaban J connectivity index is 1.83. The number of imidazole rings is 1. The molecule has 0 saturated carbocycles. The Kier molecular flexibility index (Phi) is 24.7. The van der Waals surface area contributed by atoms with Gasteiger partial charge in [-0.15, -0.1) is 0 Å². The van der Waals surface area contributed by atoms with Gasteiger partial charge in [0, 0.05) is 50.7 Å². The number of carboxylic acids is 3. The van der Waals surface area contributed by atoms with Gasteiger partial charge in [-0.2, -0.15) is 11.8 Å². The second-order valence-corrected chi connectivity index (χ2v) is 19.4. The number of hydrogen-bond donors (Lipinski definition) is 13. The quantitative estimate of drug-likeness (QED) is 0.0337. The van der Waals surface area contributed by atoms with Crippen LogP contribution < -0.4 is 43.4 Å². The van der Waals surface area contributed by atoms with Crippen molar-refractivity contribution in [1.29, 1.82) is 0 Å². The molecule has 0 unspecified atom stereocenters. The van der Waals surface area contributed by atoms with Crippen LogP contribution >= 0.6 is 11.8 Å². The van der Waals surface area contributed by atoms with E-state index in [9.17, 15) is 72.9 Å². The number of likely N-dealkylation sites (tertiary alicyclic amines) is 2. The third-order valence-electron chi connectivity index (χ3n) is 12.4. The molecule has 0 bridgehead atoms. The smallest absolute Gasteiger partial charge is 0.326 e. The molecule has 10 atom stereocenters. The van der Waals surface area contributed by atoms with E-state index >= 15 is 0 Å². The molecule has 74 heavy (non-hydrogen) atoms. The predicted octanol–water partition coefficient (Wildman–Crippen LogP) is -3.96. The molecule has 2 aliphatic heterocycles. The molecule has 0 aromatic carbocycles. The second-order valence-electron chi connectivity index (χ2n) is 18.5. The van der Waals surface area contributed by atoms with Gasteiger partial charge in [0.1, 0.15) is 48.3 Å². The number of aliphatic hydroxyl groups is 1. The van der Waals surface area contributed by atoms with Gasteiger partial charge in [0.15, 0.2) is 0 Å². The van der Waals surface area contributed by atoms with Crippen molar-refractivity contribution in [2.75, 3.05) is 25.1 Å². The zero-order valence-electron chi connectivity index (χ0n) is 41.7. The minimum absolute atomic E-state index is 0.0199. The van der Waals surface area contributed by atoms with Gasteiger partial charge in [0.25, 0.3) is 0 Å². The van der Waals surface area contributed by atoms with Crippen LogP contribution in [0.3, 0.4) is 0 Å². The number of amides is 9. The van der Waals surface area contributed by atoms with Gasteiger partial charge in [0.05, 0.1) is 18.5 Å². The lowest BCUT2D eigenvalue weighted by Crippen LogP contribution is -2.62. The topological polar surface area (TPSA) is 445 Å². The van der Waals surface area contributed by atoms with E-state index in [1.165, 1.54) is 36.1 Å². The van der Waals surface area contributed by atoms with Crippen LogP contribution in [0.4, 0.5) is 0 Å². The van der Waals surface area contributed by atoms with E-state index in [2.05, 4.69) is 41.9 Å². The van der Waals surface area contributed by atoms with Crippen LogP contribution in [-0.2, 0) is 64.0 Å². The fraction of sp³-hybridized carbons (Fsp3) is 0.667. The number of carbonyl (C=O) groups is 12. The number of hydrogen-bond acceptors (Lipinski definition) is 16. The van der Waals surface area contributed by atoms with Gasteiger partial charge >= 0.3 is 17.9 Å². The highest BCUT2D eigenvalue weighted by Crippen LogP contribution is 2.22. The van der Waals surface area contributed by atoms with Crippen molar-refractivity contribution >= 4 is 82.8 Å². The monoisotopic (exact) mass is 1070 g/mol. The Morgan fingerprint density at radius 2 is 1.20 bits per heavy atom. The third-order valence-corrected chi connectivity index (χ3v) is 13.0. The predicted molar refractivity (Wildman–Crippen MR) is 261 cm³/mol. The van der Waals surface area contributed by atoms with E-state index in [1.807, 2.05) is 0 Å². The number of primary amides is 1. The van der Waals surface area contributed by atoms with Crippen LogP contribution in [0.5, 0.6) is 0 Å². The normalized spacial score (nSPS) is 18.6. The number of rotatable bonds is 31. The van der Waals surface area contributed by atoms with Crippen molar-refractivity contribution in [1.82, 2.24) is 51.7 Å². The summed E-state index contributed by atoms with van der Waals surface area (Å²) in [6, 6.07) is -12.6. The zero-order chi connectivity index (χ0) is 55.4. The number of nitrogens with zero attached hydrogens (tertiary/aromatic N) is 3. The maximum absolute atomic E-state index is 14.3. The first-order valence-electron chi connectivity index (χ1n) is 24.1. The third kappa shape index (κ3) is 18.9. The Labute approximate surface area is 430 Å². The van der Waals surface area contributed by atoms with Crippen LogP contribution in [0.15, 0.2) is 12.5 Å². The van der Waals surface area contributed by atoms with E-state index in [0.29, 0.717) is 24.3 Å². The van der Waals surface area contributed by atoms with Crippen molar-refractivity contribution < 1.29 is 78.0 Å². The number of aromatic nitrogens is 2. The number of carbonyl (C=O) groups excluding carboxylic acids is 9. The Morgan fingerprint density at radius 3 is 1.76 bits per heavy atom. The molecule has 29 heteroatoms. The lowest BCUT2D eigenvalue weighted by atomic mass is 10.0. The minimum Gasteiger partial charge on any atom is -0.481 e. The van der Waals surface area contributed by atoms with E-state index in [1.54, 1.807) is 20.1 Å². The Bertz CT molecular complexity index is 2180. The van der Waals surface area contributed by atoms with Crippen LogP contribution in [0.2, 0.25) is 0 Å². The van der Waals surface area contributed by atoms with E-state index in [4.69, 9.17) is 16.6 Å². The highest BCUT2D eigenvalue weighted by Gasteiger charge is 2.42. The number of aromatic amines is 1. The molecule has 28 nitrogen and oxygen atoms in total. The molecule has 1 aromatic rings. The van der Waals surface area contributed by atoms with E-state index < -0.39 is 163 Å². The second kappa shape index (κ2) is 29.7. The molecule has 15 N–H and O–H groups in total. The number of nitrogens with one attached hydrogen (secondary N) is 7. The highest BCUT2D eigenvalue weighted by atomic mass is 32.2. The van der Waals surface area contributed by atoms with Crippen molar-refractivity contribution in [3.8, 4) is 0 Å². The molecule has 412 valence electrons. The summed E-state index contributed by atoms with van der Waals surface area (Å²) in [6.07, 6.45) is 1.09. The molecular weight excluding hydrogens is 997 g/mol. The summed E-state index contributed by atoms with van der Waals surface area (Å²) in [7, 11) is 0. The van der Waals surface area contributed by atoms with Crippen LogP contribution in [0, 0.1) is 5.92 Å². The molecule has 2 aliphatic rings. The van der Waals surface area contributed by atoms with E-state index in [-0.39, 0.29) is 51.6 Å². The Hall–Kier alpha value is -6.88. The molecule has 0 spiro atoms. The SMILES string of the molecule is CSCC[C@H](NC(=O)[C@H](CCC(=O)O)NC(=O)[C@@H](N)CCC(=O)O)C(=O)N1CCC[C@H]1C(=O)N[C@@H](CCC(N)=O)C(=O)N[C@H](C(=O)N[C@@H](Cc1cnc[nH]1)C(=O)N[C@H](C(=O)N1CCC[C@H]1C(=O)O)[C@@H](C)O)C(C)C.